The van der Waals surface area contributed by atoms with Gasteiger partial charge in [0.1, 0.15) is 12.4 Å². The molecule has 0 spiro atoms. The quantitative estimate of drug-likeness (QED) is 0.342. The normalized spacial score (nSPS) is 12.7. The number of hydrogen-bond acceptors (Lipinski definition) is 1. The maximum absolute atomic E-state index is 6.67. The fourth-order valence-electron chi connectivity index (χ4n) is 3.92. The third-order valence-corrected chi connectivity index (χ3v) is 9.08. The van der Waals surface area contributed by atoms with Crippen molar-refractivity contribution in [3.63, 3.8) is 0 Å². The summed E-state index contributed by atoms with van der Waals surface area (Å²) in [5, 5.41) is 4.33. The number of hydrogen-bond donors (Lipinski definition) is 0. The molecule has 0 aliphatic carbocycles. The molecule has 0 heterocycles. The molecule has 0 radical (unpaired) electrons. The van der Waals surface area contributed by atoms with Gasteiger partial charge >= 0.3 is 0 Å². The number of aryl methyl sites for hydroxylation is 1. The molecule has 0 amide bonds. The maximum Gasteiger partial charge on any atom is 0.131 e. The molecular formula is C30H40OP2. The van der Waals surface area contributed by atoms with Gasteiger partial charge in [0.2, 0.25) is 0 Å². The van der Waals surface area contributed by atoms with Crippen LogP contribution < -0.4 is 20.7 Å². The van der Waals surface area contributed by atoms with E-state index < -0.39 is 0 Å². The van der Waals surface area contributed by atoms with Crippen molar-refractivity contribution < 1.29 is 4.74 Å². The third kappa shape index (κ3) is 6.47. The molecular weight excluding hydrogens is 438 g/mol. The Morgan fingerprint density at radius 1 is 0.818 bits per heavy atom. The van der Waals surface area contributed by atoms with Crippen molar-refractivity contribution in [1.29, 1.82) is 0 Å². The van der Waals surface area contributed by atoms with Gasteiger partial charge < -0.3 is 4.74 Å². The summed E-state index contributed by atoms with van der Waals surface area (Å²) in [6.07, 6.45) is 0. The zero-order chi connectivity index (χ0) is 24.4. The Hall–Kier alpha value is -1.68. The molecule has 0 aliphatic heterocycles. The standard InChI is InChI=1S/C30H40OP2/c1-21-14-13-17-26(33(8)9)28(21)32-25-19-23(29(2,3)4)18-24(30(5,6)7)27(25)31-20-22-15-11-10-12-16-22/h10-19,32H,20H2,1-9H3. The van der Waals surface area contributed by atoms with E-state index in [0.717, 1.165) is 5.75 Å². The van der Waals surface area contributed by atoms with Crippen LogP contribution in [0.25, 0.3) is 0 Å². The fourth-order valence-corrected chi connectivity index (χ4v) is 7.07. The Balaban J connectivity index is 2.19. The minimum Gasteiger partial charge on any atom is -0.488 e. The predicted octanol–water partition coefficient (Wildman–Crippen LogP) is 7.17. The van der Waals surface area contributed by atoms with E-state index in [9.17, 15) is 0 Å². The topological polar surface area (TPSA) is 9.23 Å². The first-order valence-corrected chi connectivity index (χ1v) is 15.0. The second-order valence-electron chi connectivity index (χ2n) is 11.2. The summed E-state index contributed by atoms with van der Waals surface area (Å²) in [6, 6.07) is 22.1. The first kappa shape index (κ1) is 25.9. The highest BCUT2D eigenvalue weighted by molar-refractivity contribution is 7.67. The first-order chi connectivity index (χ1) is 15.4. The summed E-state index contributed by atoms with van der Waals surface area (Å²) < 4.78 is 6.67. The number of ether oxygens (including phenoxy) is 1. The number of benzene rings is 3. The van der Waals surface area contributed by atoms with E-state index in [1.807, 2.05) is 0 Å². The van der Waals surface area contributed by atoms with E-state index in [4.69, 9.17) is 4.74 Å². The van der Waals surface area contributed by atoms with Crippen LogP contribution in [0.2, 0.25) is 0 Å². The zero-order valence-electron chi connectivity index (χ0n) is 21.8. The molecule has 0 N–H and O–H groups in total. The van der Waals surface area contributed by atoms with Gasteiger partial charge in [-0.1, -0.05) is 113 Å². The number of rotatable bonds is 6. The molecule has 0 saturated heterocycles. The summed E-state index contributed by atoms with van der Waals surface area (Å²) in [7, 11) is 0.399. The van der Waals surface area contributed by atoms with Crippen LogP contribution in [0, 0.1) is 6.92 Å². The molecule has 1 nitrogen and oxygen atoms in total. The smallest absolute Gasteiger partial charge is 0.131 e. The Bertz CT molecular complexity index is 1090. The van der Waals surface area contributed by atoms with Crippen molar-refractivity contribution in [2.75, 3.05) is 13.3 Å². The third-order valence-electron chi connectivity index (χ3n) is 5.98. The van der Waals surface area contributed by atoms with Gasteiger partial charge in [-0.15, -0.1) is 0 Å². The van der Waals surface area contributed by atoms with Crippen molar-refractivity contribution in [1.82, 2.24) is 0 Å². The fraction of sp³-hybridized carbons (Fsp3) is 0.400. The lowest BCUT2D eigenvalue weighted by Crippen LogP contribution is -2.26. The van der Waals surface area contributed by atoms with E-state index in [-0.39, 0.29) is 18.8 Å². The maximum atomic E-state index is 6.67. The highest BCUT2D eigenvalue weighted by Crippen LogP contribution is 2.38. The van der Waals surface area contributed by atoms with Crippen LogP contribution in [-0.2, 0) is 17.4 Å². The van der Waals surface area contributed by atoms with Crippen LogP contribution in [0.4, 0.5) is 0 Å². The van der Waals surface area contributed by atoms with Crippen molar-refractivity contribution in [2.45, 2.75) is 65.9 Å². The van der Waals surface area contributed by atoms with Gasteiger partial charge in [0, 0.05) is 10.9 Å². The monoisotopic (exact) mass is 478 g/mol. The van der Waals surface area contributed by atoms with E-state index in [1.165, 1.54) is 38.2 Å². The molecule has 3 aromatic carbocycles. The highest BCUT2D eigenvalue weighted by Gasteiger charge is 2.27. The summed E-state index contributed by atoms with van der Waals surface area (Å²) in [4.78, 5) is 0. The molecule has 3 rings (SSSR count). The van der Waals surface area contributed by atoms with Crippen LogP contribution in [0.15, 0.2) is 60.7 Å². The van der Waals surface area contributed by atoms with Gasteiger partial charge in [0.15, 0.2) is 0 Å². The van der Waals surface area contributed by atoms with E-state index >= 15 is 0 Å². The largest absolute Gasteiger partial charge is 0.488 e. The summed E-state index contributed by atoms with van der Waals surface area (Å²) in [5.41, 5.74) is 5.34. The Morgan fingerprint density at radius 2 is 1.48 bits per heavy atom. The van der Waals surface area contributed by atoms with E-state index in [2.05, 4.69) is 122 Å². The van der Waals surface area contributed by atoms with Crippen LogP contribution >= 0.6 is 16.5 Å². The van der Waals surface area contributed by atoms with Gasteiger partial charge in [-0.25, -0.2) is 0 Å². The predicted molar refractivity (Wildman–Crippen MR) is 152 cm³/mol. The molecule has 0 bridgehead atoms. The molecule has 33 heavy (non-hydrogen) atoms. The van der Waals surface area contributed by atoms with E-state index in [0.29, 0.717) is 15.2 Å². The Morgan fingerprint density at radius 3 is 2.06 bits per heavy atom. The van der Waals surface area contributed by atoms with Gasteiger partial charge in [-0.3, -0.25) is 0 Å². The zero-order valence-corrected chi connectivity index (χ0v) is 23.7. The molecule has 0 saturated carbocycles. The van der Waals surface area contributed by atoms with Crippen molar-refractivity contribution in [3.05, 3.63) is 82.9 Å². The molecule has 0 aliphatic rings. The summed E-state index contributed by atoms with van der Waals surface area (Å²) in [6.45, 7) is 21.4. The van der Waals surface area contributed by atoms with Gasteiger partial charge in [-0.05, 0) is 64.4 Å². The molecule has 3 aromatic rings. The lowest BCUT2D eigenvalue weighted by Gasteiger charge is -2.30. The minimum absolute atomic E-state index is 0.0107. The summed E-state index contributed by atoms with van der Waals surface area (Å²) in [5.74, 6) is 1.07. The molecule has 176 valence electrons. The van der Waals surface area contributed by atoms with Crippen LogP contribution in [0.1, 0.15) is 63.8 Å². The van der Waals surface area contributed by atoms with Crippen LogP contribution in [0.5, 0.6) is 5.75 Å². The molecule has 0 aromatic heterocycles. The first-order valence-electron chi connectivity index (χ1n) is 11.8. The Kier molecular flexibility index (Phi) is 8.09. The molecule has 1 atom stereocenters. The van der Waals surface area contributed by atoms with E-state index in [1.54, 1.807) is 0 Å². The SMILES string of the molecule is Cc1cccc(P(C)C)c1Pc1cc(C(C)(C)C)cc(C(C)(C)C)c1OCc1ccccc1. The average molecular weight is 479 g/mol. The highest BCUT2D eigenvalue weighted by atomic mass is 31.1. The van der Waals surface area contributed by atoms with Gasteiger partial charge in [-0.2, -0.15) is 0 Å². The molecule has 0 fully saturated rings. The Labute approximate surface area is 204 Å². The summed E-state index contributed by atoms with van der Waals surface area (Å²) >= 11 is 0. The minimum atomic E-state index is -0.177. The van der Waals surface area contributed by atoms with Crippen molar-refractivity contribution in [2.24, 2.45) is 0 Å². The van der Waals surface area contributed by atoms with Crippen LogP contribution in [-0.4, -0.2) is 13.3 Å². The lowest BCUT2D eigenvalue weighted by molar-refractivity contribution is 0.300. The van der Waals surface area contributed by atoms with Crippen molar-refractivity contribution in [3.8, 4) is 5.75 Å². The average Bonchev–Trinajstić information content (AvgIpc) is 2.73. The van der Waals surface area contributed by atoms with Crippen LogP contribution in [0.3, 0.4) is 0 Å². The second-order valence-corrected chi connectivity index (χ2v) is 14.7. The van der Waals surface area contributed by atoms with Gasteiger partial charge in [0.25, 0.3) is 0 Å². The van der Waals surface area contributed by atoms with Gasteiger partial charge in [0.05, 0.1) is 0 Å². The van der Waals surface area contributed by atoms with Crippen molar-refractivity contribution >= 4 is 32.4 Å². The second kappa shape index (κ2) is 10.3. The molecule has 3 heteroatoms. The molecule has 1 unspecified atom stereocenters. The lowest BCUT2D eigenvalue weighted by atomic mass is 9.80.